The minimum absolute atomic E-state index is 0.106. The molecule has 1 heterocycles. The maximum Gasteiger partial charge on any atom is 0.322 e. The van der Waals surface area contributed by atoms with Crippen LogP contribution < -0.4 is 5.32 Å². The number of benzene rings is 2. The quantitative estimate of drug-likeness (QED) is 0.393. The van der Waals surface area contributed by atoms with Crippen LogP contribution in [0.5, 0.6) is 0 Å². The normalized spacial score (nSPS) is 11.0. The van der Waals surface area contributed by atoms with Gasteiger partial charge in [0.15, 0.2) is 0 Å². The molecule has 0 bridgehead atoms. The van der Waals surface area contributed by atoms with Gasteiger partial charge < -0.3 is 4.42 Å². The van der Waals surface area contributed by atoms with Gasteiger partial charge in [-0.2, -0.15) is 0 Å². The Morgan fingerprint density at radius 1 is 1.07 bits per heavy atom. The Bertz CT molecular complexity index is 876. The third-order valence-electron chi connectivity index (χ3n) is 4.28. The van der Waals surface area contributed by atoms with E-state index in [0.29, 0.717) is 24.7 Å². The minimum atomic E-state index is -0.106. The zero-order valence-corrected chi connectivity index (χ0v) is 17.0. The van der Waals surface area contributed by atoms with Crippen LogP contribution in [0, 0.1) is 0 Å². The molecule has 0 atom stereocenters. The van der Waals surface area contributed by atoms with Gasteiger partial charge in [0.05, 0.1) is 6.42 Å². The van der Waals surface area contributed by atoms with Crippen LogP contribution in [0.25, 0.3) is 0 Å². The second-order valence-corrected chi connectivity index (χ2v) is 8.06. The first-order valence-electron chi connectivity index (χ1n) is 9.49. The predicted molar refractivity (Wildman–Crippen MR) is 113 cm³/mol. The summed E-state index contributed by atoms with van der Waals surface area (Å²) in [6, 6.07) is 18.7. The van der Waals surface area contributed by atoms with Crippen molar-refractivity contribution in [3.63, 3.8) is 0 Å². The number of carbonyl (C=O) groups excluding carboxylic acids is 1. The average molecular weight is 396 g/mol. The molecular formula is C22H25N3O2S. The van der Waals surface area contributed by atoms with Gasteiger partial charge in [-0.15, -0.1) is 16.9 Å². The molecule has 3 rings (SSSR count). The van der Waals surface area contributed by atoms with Crippen molar-refractivity contribution in [1.82, 2.24) is 10.2 Å². The van der Waals surface area contributed by atoms with Gasteiger partial charge in [-0.1, -0.05) is 61.4 Å². The Kier molecular flexibility index (Phi) is 7.25. The van der Waals surface area contributed by atoms with Crippen LogP contribution in [0.4, 0.5) is 6.01 Å². The first kappa shape index (κ1) is 20.1. The van der Waals surface area contributed by atoms with Crippen LogP contribution in [0.1, 0.15) is 49.6 Å². The number of amides is 1. The molecule has 0 aliphatic carbocycles. The van der Waals surface area contributed by atoms with E-state index in [1.807, 2.05) is 18.2 Å². The number of hydrogen-bond donors (Lipinski definition) is 1. The second-order valence-electron chi connectivity index (χ2n) is 6.89. The first-order chi connectivity index (χ1) is 13.6. The zero-order valence-electron chi connectivity index (χ0n) is 16.2. The topological polar surface area (TPSA) is 68.0 Å². The lowest BCUT2D eigenvalue weighted by atomic mass is 10.0. The van der Waals surface area contributed by atoms with E-state index in [1.54, 1.807) is 11.8 Å². The molecule has 3 aromatic rings. The van der Waals surface area contributed by atoms with E-state index in [2.05, 4.69) is 65.8 Å². The summed E-state index contributed by atoms with van der Waals surface area (Å²) in [4.78, 5) is 13.3. The third kappa shape index (κ3) is 6.23. The van der Waals surface area contributed by atoms with Crippen molar-refractivity contribution in [2.24, 2.45) is 0 Å². The van der Waals surface area contributed by atoms with Crippen LogP contribution in [0.2, 0.25) is 0 Å². The van der Waals surface area contributed by atoms with Crippen LogP contribution >= 0.6 is 11.8 Å². The number of aromatic nitrogens is 2. The molecule has 0 unspecified atom stereocenters. The summed E-state index contributed by atoms with van der Waals surface area (Å²) in [5.74, 6) is 1.78. The predicted octanol–water partition coefficient (Wildman–Crippen LogP) is 5.29. The summed E-state index contributed by atoms with van der Waals surface area (Å²) in [6.45, 7) is 4.34. The standard InChI is InChI=1S/C22H25N3O2S/c1-16(2)18-12-10-17(11-13-18)15-21-24-25-22(27-21)23-20(26)9-6-14-28-19-7-4-3-5-8-19/h3-5,7-8,10-13,16H,6,9,14-15H2,1-2H3,(H,23,25,26). The lowest BCUT2D eigenvalue weighted by molar-refractivity contribution is -0.116. The molecule has 0 spiro atoms. The highest BCUT2D eigenvalue weighted by atomic mass is 32.2. The number of nitrogens with one attached hydrogen (secondary N) is 1. The van der Waals surface area contributed by atoms with Crippen molar-refractivity contribution < 1.29 is 9.21 Å². The summed E-state index contributed by atoms with van der Waals surface area (Å²) in [7, 11) is 0. The molecule has 28 heavy (non-hydrogen) atoms. The summed E-state index contributed by atoms with van der Waals surface area (Å²) >= 11 is 1.75. The summed E-state index contributed by atoms with van der Waals surface area (Å²) in [6.07, 6.45) is 1.76. The van der Waals surface area contributed by atoms with Gasteiger partial charge in [0.2, 0.25) is 11.8 Å². The van der Waals surface area contributed by atoms with E-state index in [1.165, 1.54) is 10.5 Å². The van der Waals surface area contributed by atoms with Gasteiger partial charge in [-0.3, -0.25) is 10.1 Å². The Balaban J connectivity index is 1.41. The highest BCUT2D eigenvalue weighted by Gasteiger charge is 2.10. The van der Waals surface area contributed by atoms with E-state index in [0.717, 1.165) is 17.7 Å². The Labute approximate surface area is 170 Å². The van der Waals surface area contributed by atoms with Gasteiger partial charge in [-0.05, 0) is 41.4 Å². The van der Waals surface area contributed by atoms with Crippen molar-refractivity contribution in [3.05, 3.63) is 71.6 Å². The lowest BCUT2D eigenvalue weighted by Gasteiger charge is -2.05. The average Bonchev–Trinajstić information content (AvgIpc) is 3.13. The van der Waals surface area contributed by atoms with Crippen molar-refractivity contribution in [2.75, 3.05) is 11.1 Å². The summed E-state index contributed by atoms with van der Waals surface area (Å²) in [5, 5.41) is 10.6. The fraction of sp³-hybridized carbons (Fsp3) is 0.318. The van der Waals surface area contributed by atoms with Crippen molar-refractivity contribution in [1.29, 1.82) is 0 Å². The van der Waals surface area contributed by atoms with Crippen molar-refractivity contribution >= 4 is 23.7 Å². The van der Waals surface area contributed by atoms with Crippen LogP contribution in [-0.4, -0.2) is 21.9 Å². The maximum atomic E-state index is 12.0. The second kappa shape index (κ2) is 10.1. The number of nitrogens with zero attached hydrogens (tertiary/aromatic N) is 2. The van der Waals surface area contributed by atoms with E-state index in [-0.39, 0.29) is 11.9 Å². The first-order valence-corrected chi connectivity index (χ1v) is 10.5. The summed E-state index contributed by atoms with van der Waals surface area (Å²) in [5.41, 5.74) is 2.40. The molecular weight excluding hydrogens is 370 g/mol. The number of anilines is 1. The zero-order chi connectivity index (χ0) is 19.8. The van der Waals surface area contributed by atoms with Gasteiger partial charge in [-0.25, -0.2) is 0 Å². The largest absolute Gasteiger partial charge is 0.407 e. The fourth-order valence-corrected chi connectivity index (χ4v) is 3.57. The van der Waals surface area contributed by atoms with E-state index in [9.17, 15) is 4.79 Å². The smallest absolute Gasteiger partial charge is 0.322 e. The third-order valence-corrected chi connectivity index (χ3v) is 5.37. The molecule has 0 radical (unpaired) electrons. The molecule has 0 fully saturated rings. The van der Waals surface area contributed by atoms with Gasteiger partial charge in [0, 0.05) is 11.3 Å². The SMILES string of the molecule is CC(C)c1ccc(Cc2nnc(NC(=O)CCCSc3ccccc3)o2)cc1. The van der Waals surface area contributed by atoms with Gasteiger partial charge in [0.1, 0.15) is 0 Å². The molecule has 2 aromatic carbocycles. The Morgan fingerprint density at radius 2 is 1.82 bits per heavy atom. The molecule has 1 N–H and O–H groups in total. The van der Waals surface area contributed by atoms with Crippen molar-refractivity contribution in [3.8, 4) is 0 Å². The van der Waals surface area contributed by atoms with Crippen LogP contribution in [-0.2, 0) is 11.2 Å². The molecule has 0 saturated heterocycles. The molecule has 146 valence electrons. The fourth-order valence-electron chi connectivity index (χ4n) is 2.69. The van der Waals surface area contributed by atoms with E-state index >= 15 is 0 Å². The van der Waals surface area contributed by atoms with Crippen LogP contribution in [0.15, 0.2) is 63.9 Å². The van der Waals surface area contributed by atoms with E-state index < -0.39 is 0 Å². The molecule has 0 aliphatic heterocycles. The Hall–Kier alpha value is -2.60. The van der Waals surface area contributed by atoms with Crippen molar-refractivity contribution in [2.45, 2.75) is 43.9 Å². The molecule has 1 amide bonds. The van der Waals surface area contributed by atoms with Gasteiger partial charge in [0.25, 0.3) is 0 Å². The van der Waals surface area contributed by atoms with E-state index in [4.69, 9.17) is 4.42 Å². The molecule has 5 nitrogen and oxygen atoms in total. The highest BCUT2D eigenvalue weighted by molar-refractivity contribution is 7.99. The highest BCUT2D eigenvalue weighted by Crippen LogP contribution is 2.19. The van der Waals surface area contributed by atoms with Crippen LogP contribution in [0.3, 0.4) is 0 Å². The number of carbonyl (C=O) groups is 1. The number of thioether (sulfide) groups is 1. The molecule has 1 aromatic heterocycles. The monoisotopic (exact) mass is 395 g/mol. The molecule has 6 heteroatoms. The Morgan fingerprint density at radius 3 is 2.54 bits per heavy atom. The molecule has 0 saturated carbocycles. The number of rotatable bonds is 9. The number of hydrogen-bond acceptors (Lipinski definition) is 5. The minimum Gasteiger partial charge on any atom is -0.407 e. The van der Waals surface area contributed by atoms with Gasteiger partial charge >= 0.3 is 6.01 Å². The summed E-state index contributed by atoms with van der Waals surface area (Å²) < 4.78 is 5.55. The maximum absolute atomic E-state index is 12.0. The lowest BCUT2D eigenvalue weighted by Crippen LogP contribution is -2.11. The molecule has 0 aliphatic rings.